The number of hydrogen-bond donors (Lipinski definition) is 2. The smallest absolute Gasteiger partial charge is 0.292 e. The maximum atomic E-state index is 12.3. The SMILES string of the molecule is CC1(C)CN(C(=O)CNc2ccccc2[N+](=O)[O-])CCC1N. The van der Waals surface area contributed by atoms with E-state index >= 15 is 0 Å². The molecule has 7 nitrogen and oxygen atoms in total. The Bertz CT molecular complexity index is 574. The van der Waals surface area contributed by atoms with Crippen molar-refractivity contribution in [2.45, 2.75) is 26.3 Å². The van der Waals surface area contributed by atoms with Gasteiger partial charge >= 0.3 is 0 Å². The summed E-state index contributed by atoms with van der Waals surface area (Å²) in [5.74, 6) is -0.0712. The topological polar surface area (TPSA) is 102 Å². The van der Waals surface area contributed by atoms with Crippen LogP contribution < -0.4 is 11.1 Å². The number of para-hydroxylation sites is 2. The molecule has 7 heteroatoms. The van der Waals surface area contributed by atoms with E-state index in [0.717, 1.165) is 6.42 Å². The number of nitro groups is 1. The second-order valence-corrected chi connectivity index (χ2v) is 6.33. The van der Waals surface area contributed by atoms with Gasteiger partial charge in [0.05, 0.1) is 11.5 Å². The van der Waals surface area contributed by atoms with Gasteiger partial charge in [0.15, 0.2) is 0 Å². The Morgan fingerprint density at radius 2 is 2.18 bits per heavy atom. The summed E-state index contributed by atoms with van der Waals surface area (Å²) in [6.45, 7) is 5.36. The molecule has 3 N–H and O–H groups in total. The quantitative estimate of drug-likeness (QED) is 0.650. The lowest BCUT2D eigenvalue weighted by Crippen LogP contribution is -2.54. The molecule has 1 amide bonds. The van der Waals surface area contributed by atoms with Gasteiger partial charge in [-0.05, 0) is 17.9 Å². The number of benzene rings is 1. The number of hydrogen-bond acceptors (Lipinski definition) is 5. The van der Waals surface area contributed by atoms with Gasteiger partial charge in [-0.25, -0.2) is 0 Å². The Kier molecular flexibility index (Phi) is 4.65. The Labute approximate surface area is 129 Å². The van der Waals surface area contributed by atoms with Gasteiger partial charge in [0.1, 0.15) is 5.69 Å². The molecule has 1 aliphatic rings. The largest absolute Gasteiger partial charge is 0.371 e. The van der Waals surface area contributed by atoms with Crippen LogP contribution in [0.1, 0.15) is 20.3 Å². The average molecular weight is 306 g/mol. The van der Waals surface area contributed by atoms with Gasteiger partial charge in [0, 0.05) is 25.2 Å². The van der Waals surface area contributed by atoms with E-state index in [0.29, 0.717) is 18.8 Å². The predicted molar refractivity (Wildman–Crippen MR) is 84.5 cm³/mol. The van der Waals surface area contributed by atoms with Crippen molar-refractivity contribution < 1.29 is 9.72 Å². The van der Waals surface area contributed by atoms with Crippen molar-refractivity contribution in [2.75, 3.05) is 25.0 Å². The fraction of sp³-hybridized carbons (Fsp3) is 0.533. The van der Waals surface area contributed by atoms with Gasteiger partial charge in [-0.1, -0.05) is 26.0 Å². The molecular weight excluding hydrogens is 284 g/mol. The molecule has 1 atom stereocenters. The number of nitrogens with zero attached hydrogens (tertiary/aromatic N) is 2. The summed E-state index contributed by atoms with van der Waals surface area (Å²) in [4.78, 5) is 24.6. The van der Waals surface area contributed by atoms with E-state index < -0.39 is 4.92 Å². The van der Waals surface area contributed by atoms with Crippen molar-refractivity contribution in [1.29, 1.82) is 0 Å². The first-order valence-electron chi connectivity index (χ1n) is 7.32. The molecule has 0 radical (unpaired) electrons. The summed E-state index contributed by atoms with van der Waals surface area (Å²) in [7, 11) is 0. The highest BCUT2D eigenvalue weighted by atomic mass is 16.6. The van der Waals surface area contributed by atoms with E-state index in [1.807, 2.05) is 13.8 Å². The van der Waals surface area contributed by atoms with Crippen molar-refractivity contribution in [1.82, 2.24) is 4.90 Å². The predicted octanol–water partition coefficient (Wildman–Crippen LogP) is 1.59. The van der Waals surface area contributed by atoms with Gasteiger partial charge < -0.3 is 16.0 Å². The Hall–Kier alpha value is -2.15. The lowest BCUT2D eigenvalue weighted by molar-refractivity contribution is -0.383. The molecule has 0 aliphatic carbocycles. The number of rotatable bonds is 4. The number of likely N-dealkylation sites (tertiary alicyclic amines) is 1. The van der Waals surface area contributed by atoms with Crippen LogP contribution in [-0.4, -0.2) is 41.4 Å². The van der Waals surface area contributed by atoms with Crippen LogP contribution in [0, 0.1) is 15.5 Å². The number of nitrogens with one attached hydrogen (secondary N) is 1. The van der Waals surface area contributed by atoms with Crippen LogP contribution in [0.2, 0.25) is 0 Å². The summed E-state index contributed by atoms with van der Waals surface area (Å²) < 4.78 is 0. The van der Waals surface area contributed by atoms with Crippen LogP contribution in [0.4, 0.5) is 11.4 Å². The third-order valence-electron chi connectivity index (χ3n) is 4.20. The number of amides is 1. The van der Waals surface area contributed by atoms with E-state index in [9.17, 15) is 14.9 Å². The van der Waals surface area contributed by atoms with Crippen LogP contribution >= 0.6 is 0 Å². The molecule has 2 rings (SSSR count). The van der Waals surface area contributed by atoms with Crippen molar-refractivity contribution in [3.63, 3.8) is 0 Å². The highest BCUT2D eigenvalue weighted by Crippen LogP contribution is 2.28. The van der Waals surface area contributed by atoms with Crippen LogP contribution in [0.25, 0.3) is 0 Å². The van der Waals surface area contributed by atoms with Crippen molar-refractivity contribution in [2.24, 2.45) is 11.1 Å². The maximum absolute atomic E-state index is 12.3. The van der Waals surface area contributed by atoms with E-state index in [2.05, 4.69) is 5.32 Å². The number of nitrogens with two attached hydrogens (primary N) is 1. The molecule has 1 unspecified atom stereocenters. The molecular formula is C15H22N4O3. The highest BCUT2D eigenvalue weighted by molar-refractivity contribution is 5.82. The molecule has 1 fully saturated rings. The molecule has 22 heavy (non-hydrogen) atoms. The van der Waals surface area contributed by atoms with Gasteiger partial charge in [0.2, 0.25) is 5.91 Å². The highest BCUT2D eigenvalue weighted by Gasteiger charge is 2.35. The van der Waals surface area contributed by atoms with Crippen LogP contribution in [0.5, 0.6) is 0 Å². The summed E-state index contributed by atoms with van der Waals surface area (Å²) in [5, 5.41) is 13.8. The summed E-state index contributed by atoms with van der Waals surface area (Å²) in [5.41, 5.74) is 6.27. The monoisotopic (exact) mass is 306 g/mol. The number of carbonyl (C=O) groups excluding carboxylic acids is 1. The minimum absolute atomic E-state index is 0.0312. The third-order valence-corrected chi connectivity index (χ3v) is 4.20. The summed E-state index contributed by atoms with van der Waals surface area (Å²) >= 11 is 0. The standard InChI is InChI=1S/C15H22N4O3/c1-15(2)10-18(8-7-13(15)16)14(20)9-17-11-5-3-4-6-12(11)19(21)22/h3-6,13,17H,7-10,16H2,1-2H3. The molecule has 1 heterocycles. The molecule has 1 saturated heterocycles. The molecule has 0 aromatic heterocycles. The zero-order valence-electron chi connectivity index (χ0n) is 12.9. The fourth-order valence-corrected chi connectivity index (χ4v) is 2.65. The third kappa shape index (κ3) is 3.54. The Morgan fingerprint density at radius 1 is 1.50 bits per heavy atom. The fourth-order valence-electron chi connectivity index (χ4n) is 2.65. The van der Waals surface area contributed by atoms with Crippen molar-refractivity contribution in [3.05, 3.63) is 34.4 Å². The van der Waals surface area contributed by atoms with E-state index in [1.54, 1.807) is 23.1 Å². The van der Waals surface area contributed by atoms with Gasteiger partial charge in [-0.2, -0.15) is 0 Å². The first-order valence-corrected chi connectivity index (χ1v) is 7.32. The first-order chi connectivity index (χ1) is 10.3. The molecule has 1 aromatic rings. The van der Waals surface area contributed by atoms with Crippen LogP contribution in [0.3, 0.4) is 0 Å². The zero-order valence-corrected chi connectivity index (χ0v) is 12.9. The molecule has 0 bridgehead atoms. The van der Waals surface area contributed by atoms with Crippen LogP contribution in [-0.2, 0) is 4.79 Å². The Morgan fingerprint density at radius 3 is 2.82 bits per heavy atom. The van der Waals surface area contributed by atoms with E-state index in [4.69, 9.17) is 5.73 Å². The minimum Gasteiger partial charge on any atom is -0.371 e. The average Bonchev–Trinajstić information content (AvgIpc) is 2.47. The number of nitro benzene ring substituents is 1. The second kappa shape index (κ2) is 6.31. The lowest BCUT2D eigenvalue weighted by atomic mass is 9.79. The normalized spacial score (nSPS) is 20.5. The molecule has 120 valence electrons. The lowest BCUT2D eigenvalue weighted by Gasteiger charge is -2.42. The van der Waals surface area contributed by atoms with Crippen molar-refractivity contribution in [3.8, 4) is 0 Å². The molecule has 0 saturated carbocycles. The zero-order chi connectivity index (χ0) is 16.3. The van der Waals surface area contributed by atoms with Gasteiger partial charge in [-0.15, -0.1) is 0 Å². The number of piperidine rings is 1. The van der Waals surface area contributed by atoms with Gasteiger partial charge in [-0.3, -0.25) is 14.9 Å². The minimum atomic E-state index is -0.462. The van der Waals surface area contributed by atoms with Crippen molar-refractivity contribution >= 4 is 17.3 Å². The molecule has 1 aliphatic heterocycles. The summed E-state index contributed by atoms with van der Waals surface area (Å²) in [6, 6.07) is 6.39. The number of anilines is 1. The summed E-state index contributed by atoms with van der Waals surface area (Å²) in [6.07, 6.45) is 0.768. The number of carbonyl (C=O) groups is 1. The Balaban J connectivity index is 1.98. The first kappa shape index (κ1) is 16.2. The second-order valence-electron chi connectivity index (χ2n) is 6.33. The molecule has 1 aromatic carbocycles. The maximum Gasteiger partial charge on any atom is 0.292 e. The van der Waals surface area contributed by atoms with E-state index in [1.165, 1.54) is 6.07 Å². The van der Waals surface area contributed by atoms with E-state index in [-0.39, 0.29) is 29.6 Å². The molecule has 0 spiro atoms. The van der Waals surface area contributed by atoms with Crippen LogP contribution in [0.15, 0.2) is 24.3 Å². The van der Waals surface area contributed by atoms with Gasteiger partial charge in [0.25, 0.3) is 5.69 Å².